The van der Waals surface area contributed by atoms with Crippen LogP contribution >= 0.6 is 0 Å². The lowest BCUT2D eigenvalue weighted by Gasteiger charge is -2.15. The Morgan fingerprint density at radius 2 is 1.42 bits per heavy atom. The van der Waals surface area contributed by atoms with Gasteiger partial charge in [-0.15, -0.1) is 0 Å². The zero-order valence-electron chi connectivity index (χ0n) is 14.7. The summed E-state index contributed by atoms with van der Waals surface area (Å²) in [6.07, 6.45) is 2.77. The van der Waals surface area contributed by atoms with E-state index in [2.05, 4.69) is 45.0 Å². The summed E-state index contributed by atoms with van der Waals surface area (Å²) in [6, 6.07) is 18.5. The van der Waals surface area contributed by atoms with Crippen molar-refractivity contribution in [1.29, 1.82) is 0 Å². The average Bonchev–Trinajstić information content (AvgIpc) is 2.65. The first-order valence-electron chi connectivity index (χ1n) is 8.86. The van der Waals surface area contributed by atoms with Crippen molar-refractivity contribution in [2.45, 2.75) is 40.0 Å². The molecule has 0 bridgehead atoms. The number of carbonyl (C=O) groups is 1. The molecule has 0 unspecified atom stereocenters. The molecule has 0 saturated carbocycles. The van der Waals surface area contributed by atoms with E-state index >= 15 is 0 Å². The molecule has 0 amide bonds. The fourth-order valence-corrected chi connectivity index (χ4v) is 3.45. The van der Waals surface area contributed by atoms with Gasteiger partial charge in [0.2, 0.25) is 0 Å². The molecule has 1 nitrogen and oxygen atoms in total. The third-order valence-corrected chi connectivity index (χ3v) is 4.79. The second-order valence-corrected chi connectivity index (χ2v) is 6.21. The Bertz CT molecular complexity index is 859. The lowest BCUT2D eigenvalue weighted by atomic mass is 9.87. The topological polar surface area (TPSA) is 17.1 Å². The maximum Gasteiger partial charge on any atom is 0.194 e. The number of carbonyl (C=O) groups excluding carboxylic acids is 1. The van der Waals surface area contributed by atoms with Crippen LogP contribution in [0, 0.1) is 0 Å². The van der Waals surface area contributed by atoms with Crippen molar-refractivity contribution < 1.29 is 4.79 Å². The zero-order valence-corrected chi connectivity index (χ0v) is 14.7. The summed E-state index contributed by atoms with van der Waals surface area (Å²) in [5.74, 6) is 0.156. The van der Waals surface area contributed by atoms with Crippen LogP contribution in [0.4, 0.5) is 0 Å². The van der Waals surface area contributed by atoms with Gasteiger partial charge in [-0.3, -0.25) is 4.79 Å². The minimum Gasteiger partial charge on any atom is -0.289 e. The third kappa shape index (κ3) is 2.87. The van der Waals surface area contributed by atoms with Crippen molar-refractivity contribution in [3.63, 3.8) is 0 Å². The Kier molecular flexibility index (Phi) is 4.80. The Labute approximate surface area is 144 Å². The molecule has 3 rings (SSSR count). The van der Waals surface area contributed by atoms with E-state index in [1.54, 1.807) is 0 Å². The summed E-state index contributed by atoms with van der Waals surface area (Å²) in [6.45, 7) is 6.43. The second-order valence-electron chi connectivity index (χ2n) is 6.21. The van der Waals surface area contributed by atoms with Crippen LogP contribution in [0.2, 0.25) is 0 Å². The SMILES string of the molecule is CCc1cc(CC)c(C(=O)c2cccc3ccccc23)c(CC)c1. The van der Waals surface area contributed by atoms with E-state index < -0.39 is 0 Å². The number of ketones is 1. The van der Waals surface area contributed by atoms with Gasteiger partial charge >= 0.3 is 0 Å². The summed E-state index contributed by atoms with van der Waals surface area (Å²) < 4.78 is 0. The van der Waals surface area contributed by atoms with Crippen LogP contribution in [0.1, 0.15) is 53.4 Å². The molecule has 0 saturated heterocycles. The average molecular weight is 316 g/mol. The minimum absolute atomic E-state index is 0.156. The monoisotopic (exact) mass is 316 g/mol. The van der Waals surface area contributed by atoms with Gasteiger partial charge in [0.05, 0.1) is 0 Å². The van der Waals surface area contributed by atoms with E-state index in [1.165, 1.54) is 16.7 Å². The fourth-order valence-electron chi connectivity index (χ4n) is 3.45. The van der Waals surface area contributed by atoms with Crippen molar-refractivity contribution in [1.82, 2.24) is 0 Å². The highest BCUT2D eigenvalue weighted by molar-refractivity contribution is 6.17. The molecule has 0 atom stereocenters. The standard InChI is InChI=1S/C23H24O/c1-4-16-14-17(5-2)22(18(6-3)15-16)23(24)21-13-9-11-19-10-7-8-12-20(19)21/h7-15H,4-6H2,1-3H3. The second kappa shape index (κ2) is 7.00. The van der Waals surface area contributed by atoms with Crippen LogP contribution < -0.4 is 0 Å². The molecule has 0 aliphatic heterocycles. The highest BCUT2D eigenvalue weighted by Crippen LogP contribution is 2.27. The van der Waals surface area contributed by atoms with E-state index in [0.29, 0.717) is 0 Å². The van der Waals surface area contributed by atoms with Gasteiger partial charge in [0.25, 0.3) is 0 Å². The van der Waals surface area contributed by atoms with Crippen molar-refractivity contribution in [2.24, 2.45) is 0 Å². The molecule has 1 heteroatoms. The lowest BCUT2D eigenvalue weighted by Crippen LogP contribution is -2.10. The van der Waals surface area contributed by atoms with Gasteiger partial charge in [-0.25, -0.2) is 0 Å². The van der Waals surface area contributed by atoms with E-state index in [1.807, 2.05) is 30.3 Å². The van der Waals surface area contributed by atoms with Crippen molar-refractivity contribution in [3.8, 4) is 0 Å². The number of fused-ring (bicyclic) bond motifs is 1. The maximum atomic E-state index is 13.4. The summed E-state index contributed by atoms with van der Waals surface area (Å²) in [5.41, 5.74) is 5.38. The zero-order chi connectivity index (χ0) is 17.1. The summed E-state index contributed by atoms with van der Waals surface area (Å²) >= 11 is 0. The lowest BCUT2D eigenvalue weighted by molar-refractivity contribution is 0.103. The molecule has 0 N–H and O–H groups in total. The van der Waals surface area contributed by atoms with Crippen LogP contribution in [-0.2, 0) is 19.3 Å². The minimum atomic E-state index is 0.156. The molecule has 0 aliphatic carbocycles. The Morgan fingerprint density at radius 1 is 0.792 bits per heavy atom. The Morgan fingerprint density at radius 3 is 2.04 bits per heavy atom. The van der Waals surface area contributed by atoms with Crippen molar-refractivity contribution in [2.75, 3.05) is 0 Å². The molecule has 0 radical (unpaired) electrons. The quantitative estimate of drug-likeness (QED) is 0.547. The van der Waals surface area contributed by atoms with Gasteiger partial charge in [0.1, 0.15) is 0 Å². The smallest absolute Gasteiger partial charge is 0.194 e. The third-order valence-electron chi connectivity index (χ3n) is 4.79. The van der Waals surface area contributed by atoms with Crippen LogP contribution in [0.5, 0.6) is 0 Å². The first kappa shape index (κ1) is 16.4. The van der Waals surface area contributed by atoms with Crippen LogP contribution in [0.3, 0.4) is 0 Å². The maximum absolute atomic E-state index is 13.4. The van der Waals surface area contributed by atoms with E-state index in [4.69, 9.17) is 0 Å². The number of hydrogen-bond acceptors (Lipinski definition) is 1. The van der Waals surface area contributed by atoms with E-state index in [0.717, 1.165) is 41.2 Å². The molecule has 3 aromatic rings. The summed E-state index contributed by atoms with van der Waals surface area (Å²) in [4.78, 5) is 13.4. The van der Waals surface area contributed by atoms with Gasteiger partial charge in [-0.1, -0.05) is 75.4 Å². The molecule has 0 heterocycles. The first-order chi connectivity index (χ1) is 11.7. The molecule has 24 heavy (non-hydrogen) atoms. The molecule has 0 spiro atoms. The normalized spacial score (nSPS) is 11.0. The van der Waals surface area contributed by atoms with Crippen LogP contribution in [-0.4, -0.2) is 5.78 Å². The van der Waals surface area contributed by atoms with Crippen LogP contribution in [0.25, 0.3) is 10.8 Å². The Hall–Kier alpha value is -2.41. The first-order valence-corrected chi connectivity index (χ1v) is 8.86. The van der Waals surface area contributed by atoms with Gasteiger partial charge in [-0.05, 0) is 46.7 Å². The predicted octanol–water partition coefficient (Wildman–Crippen LogP) is 5.76. The highest BCUT2D eigenvalue weighted by Gasteiger charge is 2.19. The van der Waals surface area contributed by atoms with E-state index in [-0.39, 0.29) is 5.78 Å². The highest BCUT2D eigenvalue weighted by atomic mass is 16.1. The van der Waals surface area contributed by atoms with Crippen LogP contribution in [0.15, 0.2) is 54.6 Å². The molecule has 0 aliphatic rings. The predicted molar refractivity (Wildman–Crippen MR) is 102 cm³/mol. The van der Waals surface area contributed by atoms with Crippen molar-refractivity contribution in [3.05, 3.63) is 82.4 Å². The largest absolute Gasteiger partial charge is 0.289 e. The van der Waals surface area contributed by atoms with Crippen molar-refractivity contribution >= 4 is 16.6 Å². The number of rotatable bonds is 5. The van der Waals surface area contributed by atoms with Gasteiger partial charge in [0, 0.05) is 11.1 Å². The molecule has 0 fully saturated rings. The fraction of sp³-hybridized carbons (Fsp3) is 0.261. The molecular formula is C23H24O. The molecular weight excluding hydrogens is 292 g/mol. The summed E-state index contributed by atoms with van der Waals surface area (Å²) in [5, 5.41) is 2.15. The van der Waals surface area contributed by atoms with Gasteiger partial charge in [-0.2, -0.15) is 0 Å². The number of hydrogen-bond donors (Lipinski definition) is 0. The summed E-state index contributed by atoms with van der Waals surface area (Å²) in [7, 11) is 0. The molecule has 3 aromatic carbocycles. The van der Waals surface area contributed by atoms with Gasteiger partial charge < -0.3 is 0 Å². The number of aryl methyl sites for hydroxylation is 3. The number of benzene rings is 3. The molecule has 122 valence electrons. The molecule has 0 aromatic heterocycles. The van der Waals surface area contributed by atoms with E-state index in [9.17, 15) is 4.79 Å². The Balaban J connectivity index is 2.22. The van der Waals surface area contributed by atoms with Gasteiger partial charge in [0.15, 0.2) is 5.78 Å².